The summed E-state index contributed by atoms with van der Waals surface area (Å²) >= 11 is 0. The molecule has 0 amide bonds. The molecule has 0 radical (unpaired) electrons. The summed E-state index contributed by atoms with van der Waals surface area (Å²) in [7, 11) is 0. The summed E-state index contributed by atoms with van der Waals surface area (Å²) in [6.45, 7) is 0. The van der Waals surface area contributed by atoms with Crippen LogP contribution in [0.15, 0.2) is 64.6 Å². The predicted molar refractivity (Wildman–Crippen MR) is 62.7 cm³/mol. The predicted octanol–water partition coefficient (Wildman–Crippen LogP) is 1.51. The molecule has 0 atom stereocenters. The van der Waals surface area contributed by atoms with E-state index >= 15 is 0 Å². The standard InChI is InChI=1S/C14H12N2/c1-2-6-11(7-3-1)10-14-15-12-8-4-5-9-13(12)16-14/h1-9,14H,10H2. The topological polar surface area (TPSA) is 24.7 Å². The van der Waals surface area contributed by atoms with Gasteiger partial charge in [-0.15, -0.1) is 0 Å². The minimum atomic E-state index is 0.0554. The third-order valence-electron chi connectivity index (χ3n) is 2.72. The van der Waals surface area contributed by atoms with Gasteiger partial charge in [0.1, 0.15) is 6.17 Å². The summed E-state index contributed by atoms with van der Waals surface area (Å²) in [5.74, 6) is 0. The normalized spacial score (nSPS) is 14.0. The van der Waals surface area contributed by atoms with Gasteiger partial charge < -0.3 is 0 Å². The molecule has 3 rings (SSSR count). The van der Waals surface area contributed by atoms with Crippen LogP contribution in [0.5, 0.6) is 0 Å². The van der Waals surface area contributed by atoms with Crippen molar-refractivity contribution in [2.45, 2.75) is 12.6 Å². The summed E-state index contributed by atoms with van der Waals surface area (Å²) in [5.41, 5.74) is 1.29. The van der Waals surface area contributed by atoms with E-state index in [-0.39, 0.29) is 6.17 Å². The maximum Gasteiger partial charge on any atom is 0.145 e. The second kappa shape index (κ2) is 3.89. The van der Waals surface area contributed by atoms with E-state index in [1.807, 2.05) is 30.3 Å². The van der Waals surface area contributed by atoms with Crippen molar-refractivity contribution in [2.24, 2.45) is 9.98 Å². The van der Waals surface area contributed by atoms with Gasteiger partial charge in [0.15, 0.2) is 0 Å². The van der Waals surface area contributed by atoms with Gasteiger partial charge in [-0.25, -0.2) is 0 Å². The zero-order valence-electron chi connectivity index (χ0n) is 8.88. The zero-order valence-corrected chi connectivity index (χ0v) is 8.88. The van der Waals surface area contributed by atoms with Crippen molar-refractivity contribution in [2.75, 3.05) is 0 Å². The molecule has 0 bridgehead atoms. The highest BCUT2D eigenvalue weighted by Crippen LogP contribution is 2.07. The number of nitrogens with zero attached hydrogens (tertiary/aromatic N) is 2. The Labute approximate surface area is 94.0 Å². The highest BCUT2D eigenvalue weighted by molar-refractivity contribution is 5.16. The van der Waals surface area contributed by atoms with Gasteiger partial charge >= 0.3 is 0 Å². The molecule has 1 aliphatic heterocycles. The maximum absolute atomic E-state index is 4.58. The average molecular weight is 208 g/mol. The van der Waals surface area contributed by atoms with Gasteiger partial charge in [0, 0.05) is 6.42 Å². The van der Waals surface area contributed by atoms with Crippen LogP contribution in [0.4, 0.5) is 0 Å². The van der Waals surface area contributed by atoms with E-state index in [0.29, 0.717) is 0 Å². The second-order valence-corrected chi connectivity index (χ2v) is 3.92. The van der Waals surface area contributed by atoms with Gasteiger partial charge in [-0.2, -0.15) is 0 Å². The van der Waals surface area contributed by atoms with Crippen molar-refractivity contribution in [3.05, 3.63) is 70.9 Å². The fourth-order valence-corrected chi connectivity index (χ4v) is 1.95. The molecule has 0 N–H and O–H groups in total. The molecular weight excluding hydrogens is 196 g/mol. The lowest BCUT2D eigenvalue weighted by Crippen LogP contribution is -2.19. The van der Waals surface area contributed by atoms with Crippen molar-refractivity contribution < 1.29 is 0 Å². The van der Waals surface area contributed by atoms with Crippen LogP contribution in [0.2, 0.25) is 0 Å². The lowest BCUT2D eigenvalue weighted by Gasteiger charge is -2.03. The Bertz CT molecular complexity index is 567. The zero-order chi connectivity index (χ0) is 10.8. The molecule has 2 heteroatoms. The van der Waals surface area contributed by atoms with Crippen LogP contribution in [-0.2, 0) is 6.42 Å². The molecule has 2 nitrogen and oxygen atoms in total. The van der Waals surface area contributed by atoms with E-state index in [4.69, 9.17) is 0 Å². The smallest absolute Gasteiger partial charge is 0.145 e. The first-order chi connectivity index (χ1) is 7.92. The Morgan fingerprint density at radius 2 is 1.31 bits per heavy atom. The minimum absolute atomic E-state index is 0.0554. The molecule has 1 aliphatic rings. The third-order valence-corrected chi connectivity index (χ3v) is 2.72. The fraction of sp³-hybridized carbons (Fsp3) is 0.143. The van der Waals surface area contributed by atoms with Crippen molar-refractivity contribution in [3.8, 4) is 0 Å². The Kier molecular flexibility index (Phi) is 2.26. The Morgan fingerprint density at radius 1 is 0.750 bits per heavy atom. The van der Waals surface area contributed by atoms with Crippen LogP contribution < -0.4 is 10.7 Å². The highest BCUT2D eigenvalue weighted by Gasteiger charge is 2.09. The third kappa shape index (κ3) is 1.74. The molecule has 0 saturated carbocycles. The van der Waals surface area contributed by atoms with E-state index in [9.17, 15) is 0 Å². The molecule has 0 aromatic heterocycles. The first-order valence-electron chi connectivity index (χ1n) is 5.46. The van der Waals surface area contributed by atoms with Crippen molar-refractivity contribution in [1.82, 2.24) is 0 Å². The van der Waals surface area contributed by atoms with Gasteiger partial charge in [0.25, 0.3) is 0 Å². The van der Waals surface area contributed by atoms with Gasteiger partial charge in [0.2, 0.25) is 0 Å². The lowest BCUT2D eigenvalue weighted by atomic mass is 10.1. The first kappa shape index (κ1) is 9.28. The summed E-state index contributed by atoms with van der Waals surface area (Å²) in [6.07, 6.45) is 0.940. The van der Waals surface area contributed by atoms with Crippen molar-refractivity contribution >= 4 is 0 Å². The lowest BCUT2D eigenvalue weighted by molar-refractivity contribution is 0.703. The van der Waals surface area contributed by atoms with Gasteiger partial charge in [-0.3, -0.25) is 9.98 Å². The molecular formula is C14H12N2. The first-order valence-corrected chi connectivity index (χ1v) is 5.46. The Morgan fingerprint density at radius 3 is 1.94 bits per heavy atom. The van der Waals surface area contributed by atoms with E-state index in [1.54, 1.807) is 0 Å². The largest absolute Gasteiger partial charge is 0.256 e. The molecule has 78 valence electrons. The number of hydrogen-bond acceptors (Lipinski definition) is 2. The number of rotatable bonds is 2. The molecule has 1 heterocycles. The highest BCUT2D eigenvalue weighted by atomic mass is 15.0. The van der Waals surface area contributed by atoms with Gasteiger partial charge in [-0.1, -0.05) is 42.5 Å². The van der Waals surface area contributed by atoms with Crippen molar-refractivity contribution in [1.29, 1.82) is 0 Å². The molecule has 2 aromatic carbocycles. The van der Waals surface area contributed by atoms with Gasteiger partial charge in [0.05, 0.1) is 10.7 Å². The average Bonchev–Trinajstić information content (AvgIpc) is 2.72. The van der Waals surface area contributed by atoms with Crippen molar-refractivity contribution in [3.63, 3.8) is 0 Å². The SMILES string of the molecule is c1ccc(CC2N=c3ccccc3=N2)cc1. The van der Waals surface area contributed by atoms with E-state index in [2.05, 4.69) is 34.3 Å². The number of fused-ring (bicyclic) bond motifs is 1. The molecule has 0 fully saturated rings. The molecule has 0 unspecified atom stereocenters. The van der Waals surface area contributed by atoms with E-state index in [1.165, 1.54) is 5.56 Å². The quantitative estimate of drug-likeness (QED) is 0.714. The Hall–Kier alpha value is -1.96. The van der Waals surface area contributed by atoms with Crippen LogP contribution in [-0.4, -0.2) is 6.17 Å². The molecule has 0 spiro atoms. The van der Waals surface area contributed by atoms with Crippen LogP contribution in [0.25, 0.3) is 0 Å². The fourth-order valence-electron chi connectivity index (χ4n) is 1.95. The van der Waals surface area contributed by atoms with Gasteiger partial charge in [-0.05, 0) is 17.7 Å². The van der Waals surface area contributed by atoms with Crippen LogP contribution >= 0.6 is 0 Å². The van der Waals surface area contributed by atoms with Crippen LogP contribution in [0.1, 0.15) is 5.56 Å². The number of para-hydroxylation sites is 2. The summed E-state index contributed by atoms with van der Waals surface area (Å²) < 4.78 is 0. The molecule has 0 saturated heterocycles. The molecule has 16 heavy (non-hydrogen) atoms. The summed E-state index contributed by atoms with van der Waals surface area (Å²) in [5, 5.41) is 2.03. The monoisotopic (exact) mass is 208 g/mol. The van der Waals surface area contributed by atoms with E-state index < -0.39 is 0 Å². The molecule has 2 aromatic rings. The van der Waals surface area contributed by atoms with Crippen LogP contribution in [0.3, 0.4) is 0 Å². The number of benzene rings is 2. The van der Waals surface area contributed by atoms with E-state index in [0.717, 1.165) is 17.1 Å². The maximum atomic E-state index is 4.58. The number of hydrogen-bond donors (Lipinski definition) is 0. The second-order valence-electron chi connectivity index (χ2n) is 3.92. The summed E-state index contributed by atoms with van der Waals surface area (Å²) in [6, 6.07) is 18.4. The Balaban J connectivity index is 1.89. The summed E-state index contributed by atoms with van der Waals surface area (Å²) in [4.78, 5) is 9.16. The van der Waals surface area contributed by atoms with Crippen LogP contribution in [0, 0.1) is 0 Å². The minimum Gasteiger partial charge on any atom is -0.256 e. The molecule has 0 aliphatic carbocycles.